The lowest BCUT2D eigenvalue weighted by Crippen LogP contribution is -2.23. The van der Waals surface area contributed by atoms with Crippen LogP contribution in [-0.4, -0.2) is 14.2 Å². The fourth-order valence-electron chi connectivity index (χ4n) is 1.03. The number of nitrogens with two attached hydrogens (primary N) is 1. The van der Waals surface area contributed by atoms with Crippen LogP contribution in [0.15, 0.2) is 30.3 Å². The van der Waals surface area contributed by atoms with Crippen LogP contribution < -0.4 is 5.73 Å². The summed E-state index contributed by atoms with van der Waals surface area (Å²) in [5.74, 6) is 0.0725. The average molecular weight is 199 g/mol. The highest BCUT2D eigenvalue weighted by Crippen LogP contribution is 2.16. The lowest BCUT2D eigenvalue weighted by atomic mass is 10.2. The lowest BCUT2D eigenvalue weighted by Gasteiger charge is -2.10. The second kappa shape index (κ2) is 3.89. The summed E-state index contributed by atoms with van der Waals surface area (Å²) in [6.45, 7) is 1.60. The van der Waals surface area contributed by atoms with Crippen LogP contribution in [-0.2, 0) is 9.84 Å². The average Bonchev–Trinajstić information content (AvgIpc) is 2.18. The van der Waals surface area contributed by atoms with Crippen molar-refractivity contribution in [1.29, 1.82) is 0 Å². The molecule has 3 nitrogen and oxygen atoms in total. The van der Waals surface area contributed by atoms with Gasteiger partial charge in [0.05, 0.1) is 0 Å². The molecule has 0 saturated carbocycles. The quantitative estimate of drug-likeness (QED) is 0.792. The maximum Gasteiger partial charge on any atom is 0.169 e. The molecule has 13 heavy (non-hydrogen) atoms. The lowest BCUT2D eigenvalue weighted by molar-refractivity contribution is 0.585. The summed E-state index contributed by atoms with van der Waals surface area (Å²) in [5.41, 5.74) is 6.24. The smallest absolute Gasteiger partial charge is 0.169 e. The summed E-state index contributed by atoms with van der Waals surface area (Å²) >= 11 is 0. The third kappa shape index (κ3) is 2.29. The number of rotatable bonds is 3. The first-order chi connectivity index (χ1) is 6.08. The van der Waals surface area contributed by atoms with E-state index >= 15 is 0 Å². The molecule has 0 heterocycles. The summed E-state index contributed by atoms with van der Waals surface area (Å²) in [5, 5.41) is -0.890. The highest BCUT2D eigenvalue weighted by atomic mass is 32.2. The largest absolute Gasteiger partial charge is 0.311 e. The number of hydrogen-bond donors (Lipinski definition) is 1. The van der Waals surface area contributed by atoms with E-state index in [1.54, 1.807) is 31.2 Å². The van der Waals surface area contributed by atoms with Gasteiger partial charge in [-0.05, 0) is 5.56 Å². The predicted molar refractivity (Wildman–Crippen MR) is 52.8 cm³/mol. The van der Waals surface area contributed by atoms with Crippen LogP contribution in [0, 0.1) is 0 Å². The van der Waals surface area contributed by atoms with Gasteiger partial charge in [-0.2, -0.15) is 0 Å². The molecule has 0 saturated heterocycles. The zero-order valence-corrected chi connectivity index (χ0v) is 8.29. The van der Waals surface area contributed by atoms with Crippen molar-refractivity contribution in [2.24, 2.45) is 5.73 Å². The molecule has 0 spiro atoms. The second-order valence-corrected chi connectivity index (χ2v) is 5.19. The fraction of sp³-hybridized carbons (Fsp3) is 0.333. The summed E-state index contributed by atoms with van der Waals surface area (Å²) < 4.78 is 22.7. The fourth-order valence-corrected chi connectivity index (χ4v) is 1.96. The molecule has 1 aromatic carbocycles. The Morgan fingerprint density at radius 3 is 2.31 bits per heavy atom. The van der Waals surface area contributed by atoms with Crippen molar-refractivity contribution in [3.05, 3.63) is 35.9 Å². The van der Waals surface area contributed by atoms with E-state index in [0.717, 1.165) is 0 Å². The van der Waals surface area contributed by atoms with Gasteiger partial charge in [-0.1, -0.05) is 37.3 Å². The Morgan fingerprint density at radius 2 is 1.85 bits per heavy atom. The van der Waals surface area contributed by atoms with Crippen molar-refractivity contribution >= 4 is 9.84 Å². The van der Waals surface area contributed by atoms with E-state index in [0.29, 0.717) is 5.56 Å². The monoisotopic (exact) mass is 199 g/mol. The van der Waals surface area contributed by atoms with E-state index in [2.05, 4.69) is 0 Å². The number of benzene rings is 1. The van der Waals surface area contributed by atoms with Crippen LogP contribution in [0.4, 0.5) is 0 Å². The van der Waals surface area contributed by atoms with Gasteiger partial charge < -0.3 is 5.73 Å². The molecule has 0 aliphatic rings. The van der Waals surface area contributed by atoms with Crippen LogP contribution in [0.5, 0.6) is 0 Å². The van der Waals surface area contributed by atoms with Crippen molar-refractivity contribution in [2.45, 2.75) is 12.3 Å². The minimum absolute atomic E-state index is 0.0725. The zero-order chi connectivity index (χ0) is 9.90. The van der Waals surface area contributed by atoms with Gasteiger partial charge in [0.25, 0.3) is 0 Å². The molecule has 0 bridgehead atoms. The Bertz CT molecular complexity index is 358. The molecule has 1 rings (SSSR count). The van der Waals surface area contributed by atoms with Gasteiger partial charge in [-0.25, -0.2) is 8.42 Å². The predicted octanol–water partition coefficient (Wildman–Crippen LogP) is 1.08. The molecule has 4 heteroatoms. The zero-order valence-electron chi connectivity index (χ0n) is 7.47. The molecule has 0 aromatic heterocycles. The van der Waals surface area contributed by atoms with Gasteiger partial charge >= 0.3 is 0 Å². The number of sulfone groups is 1. The van der Waals surface area contributed by atoms with E-state index in [1.807, 2.05) is 6.07 Å². The van der Waals surface area contributed by atoms with Gasteiger partial charge in [-0.3, -0.25) is 0 Å². The SMILES string of the molecule is CCS(=O)(=O)C(N)c1ccccc1. The standard InChI is InChI=1S/C9H13NO2S/c1-2-13(11,12)9(10)8-6-4-3-5-7-8/h3-7,9H,2,10H2,1H3. The van der Waals surface area contributed by atoms with E-state index in [1.165, 1.54) is 0 Å². The Labute approximate surface area is 78.5 Å². The van der Waals surface area contributed by atoms with Crippen molar-refractivity contribution in [3.8, 4) is 0 Å². The van der Waals surface area contributed by atoms with Crippen LogP contribution in [0.3, 0.4) is 0 Å². The minimum atomic E-state index is -3.17. The van der Waals surface area contributed by atoms with Crippen LogP contribution >= 0.6 is 0 Å². The maximum absolute atomic E-state index is 11.4. The van der Waals surface area contributed by atoms with E-state index in [4.69, 9.17) is 5.73 Å². The van der Waals surface area contributed by atoms with Crippen molar-refractivity contribution in [1.82, 2.24) is 0 Å². The van der Waals surface area contributed by atoms with E-state index in [9.17, 15) is 8.42 Å². The normalized spacial score (nSPS) is 14.0. The van der Waals surface area contributed by atoms with Crippen molar-refractivity contribution < 1.29 is 8.42 Å². The van der Waals surface area contributed by atoms with Crippen LogP contribution in [0.25, 0.3) is 0 Å². The number of hydrogen-bond acceptors (Lipinski definition) is 3. The summed E-state index contributed by atoms with van der Waals surface area (Å²) in [4.78, 5) is 0. The first kappa shape index (κ1) is 10.2. The van der Waals surface area contributed by atoms with E-state index in [-0.39, 0.29) is 5.75 Å². The summed E-state index contributed by atoms with van der Waals surface area (Å²) in [6.07, 6.45) is 0. The highest BCUT2D eigenvalue weighted by molar-refractivity contribution is 7.91. The molecule has 0 aliphatic carbocycles. The first-order valence-corrected chi connectivity index (χ1v) is 5.81. The van der Waals surface area contributed by atoms with Gasteiger partial charge in [0.15, 0.2) is 9.84 Å². The topological polar surface area (TPSA) is 60.2 Å². The Balaban J connectivity index is 2.99. The third-order valence-electron chi connectivity index (χ3n) is 1.92. The Kier molecular flexibility index (Phi) is 3.06. The van der Waals surface area contributed by atoms with Crippen molar-refractivity contribution in [2.75, 3.05) is 5.75 Å². The molecule has 1 atom stereocenters. The van der Waals surface area contributed by atoms with Gasteiger partial charge in [0.1, 0.15) is 5.37 Å². The molecular weight excluding hydrogens is 186 g/mol. The second-order valence-electron chi connectivity index (χ2n) is 2.78. The van der Waals surface area contributed by atoms with Gasteiger partial charge in [0, 0.05) is 5.75 Å². The van der Waals surface area contributed by atoms with Crippen LogP contribution in [0.1, 0.15) is 17.9 Å². The van der Waals surface area contributed by atoms with Crippen molar-refractivity contribution in [3.63, 3.8) is 0 Å². The Hall–Kier alpha value is -0.870. The van der Waals surface area contributed by atoms with E-state index < -0.39 is 15.2 Å². The molecular formula is C9H13NO2S. The highest BCUT2D eigenvalue weighted by Gasteiger charge is 2.20. The Morgan fingerprint density at radius 1 is 1.31 bits per heavy atom. The molecule has 1 aromatic rings. The molecule has 0 amide bonds. The first-order valence-electron chi connectivity index (χ1n) is 4.10. The molecule has 2 N–H and O–H groups in total. The van der Waals surface area contributed by atoms with Gasteiger partial charge in [0.2, 0.25) is 0 Å². The molecule has 0 aliphatic heterocycles. The minimum Gasteiger partial charge on any atom is -0.311 e. The molecule has 72 valence electrons. The molecule has 0 fully saturated rings. The summed E-state index contributed by atoms with van der Waals surface area (Å²) in [7, 11) is -3.17. The maximum atomic E-state index is 11.4. The molecule has 0 radical (unpaired) electrons. The van der Waals surface area contributed by atoms with Crippen LogP contribution in [0.2, 0.25) is 0 Å². The van der Waals surface area contributed by atoms with Gasteiger partial charge in [-0.15, -0.1) is 0 Å². The summed E-state index contributed by atoms with van der Waals surface area (Å²) in [6, 6.07) is 8.82. The molecule has 1 unspecified atom stereocenters. The third-order valence-corrected chi connectivity index (χ3v) is 3.77.